The van der Waals surface area contributed by atoms with Gasteiger partial charge < -0.3 is 25.2 Å². The number of aliphatic hydroxyl groups is 1. The summed E-state index contributed by atoms with van der Waals surface area (Å²) >= 11 is 0. The summed E-state index contributed by atoms with van der Waals surface area (Å²) < 4.78 is 10.5. The Bertz CT molecular complexity index is 643. The molecule has 2 aliphatic heterocycles. The van der Waals surface area contributed by atoms with Gasteiger partial charge in [0.1, 0.15) is 18.4 Å². The first-order chi connectivity index (χ1) is 9.98. The van der Waals surface area contributed by atoms with Crippen LogP contribution in [0.3, 0.4) is 0 Å². The quantitative estimate of drug-likeness (QED) is 0.628. The smallest absolute Gasteiger partial charge is 0.247 e. The lowest BCUT2D eigenvalue weighted by atomic mass is 10.0. The number of likely N-dealkylation sites (N-methyl/N-ethyl adjacent to an activating group) is 1. The molecule has 2 aliphatic rings. The third-order valence-electron chi connectivity index (χ3n) is 3.51. The van der Waals surface area contributed by atoms with E-state index in [1.807, 2.05) is 0 Å². The fourth-order valence-electron chi connectivity index (χ4n) is 2.15. The molecule has 110 valence electrons. The Labute approximate surface area is 122 Å². The number of fused-ring (bicyclic) bond motifs is 1. The van der Waals surface area contributed by atoms with E-state index in [2.05, 4.69) is 11.8 Å². The summed E-state index contributed by atoms with van der Waals surface area (Å²) in [4.78, 5) is 13.5. The van der Waals surface area contributed by atoms with Gasteiger partial charge in [-0.2, -0.15) is 0 Å². The lowest BCUT2D eigenvalue weighted by Gasteiger charge is -2.30. The molecule has 1 amide bonds. The highest BCUT2D eigenvalue weighted by molar-refractivity contribution is 5.98. The van der Waals surface area contributed by atoms with Gasteiger partial charge in [0.2, 0.25) is 5.91 Å². The summed E-state index contributed by atoms with van der Waals surface area (Å²) in [6.07, 6.45) is 0. The lowest BCUT2D eigenvalue weighted by molar-refractivity contribution is -0.140. The topological polar surface area (TPSA) is 85.0 Å². The van der Waals surface area contributed by atoms with Crippen molar-refractivity contribution in [3.63, 3.8) is 0 Å². The van der Waals surface area contributed by atoms with E-state index in [1.54, 1.807) is 25.2 Å². The number of ether oxygens (including phenoxy) is 2. The van der Waals surface area contributed by atoms with Crippen molar-refractivity contribution in [1.29, 1.82) is 0 Å². The molecule has 0 saturated carbocycles. The van der Waals surface area contributed by atoms with Crippen LogP contribution in [-0.4, -0.2) is 49.5 Å². The van der Waals surface area contributed by atoms with Gasteiger partial charge in [0, 0.05) is 12.6 Å². The summed E-state index contributed by atoms with van der Waals surface area (Å²) in [5.41, 5.74) is 5.98. The number of anilines is 1. The molecule has 0 aliphatic carbocycles. The van der Waals surface area contributed by atoms with Crippen LogP contribution in [0.1, 0.15) is 5.56 Å². The third kappa shape index (κ3) is 2.59. The van der Waals surface area contributed by atoms with E-state index in [0.717, 1.165) is 0 Å². The normalized spacial score (nSPS) is 23.1. The minimum absolute atomic E-state index is 0.151. The molecule has 0 spiro atoms. The number of rotatable bonds is 0. The fraction of sp³-hybridized carbons (Fsp3) is 0.400. The molecule has 21 heavy (non-hydrogen) atoms. The Balaban J connectivity index is 1.92. The molecular weight excluding hydrogens is 272 g/mol. The second kappa shape index (κ2) is 5.04. The van der Waals surface area contributed by atoms with Crippen LogP contribution >= 0.6 is 0 Å². The molecule has 2 heterocycles. The third-order valence-corrected chi connectivity index (χ3v) is 3.51. The minimum Gasteiger partial charge on any atom is -0.489 e. The zero-order valence-electron chi connectivity index (χ0n) is 11.6. The van der Waals surface area contributed by atoms with E-state index in [9.17, 15) is 9.90 Å². The Kier molecular flexibility index (Phi) is 3.33. The van der Waals surface area contributed by atoms with Crippen LogP contribution in [0.25, 0.3) is 0 Å². The van der Waals surface area contributed by atoms with Gasteiger partial charge in [0.15, 0.2) is 5.60 Å². The molecule has 1 saturated heterocycles. The molecule has 0 bridgehead atoms. The highest BCUT2D eigenvalue weighted by Crippen LogP contribution is 2.31. The van der Waals surface area contributed by atoms with Crippen molar-refractivity contribution in [3.05, 3.63) is 23.8 Å². The van der Waals surface area contributed by atoms with E-state index >= 15 is 0 Å². The molecule has 1 fully saturated rings. The van der Waals surface area contributed by atoms with Gasteiger partial charge in [-0.3, -0.25) is 4.79 Å². The van der Waals surface area contributed by atoms with E-state index < -0.39 is 11.6 Å². The predicted molar refractivity (Wildman–Crippen MR) is 76.0 cm³/mol. The van der Waals surface area contributed by atoms with Crippen LogP contribution in [0.15, 0.2) is 18.2 Å². The van der Waals surface area contributed by atoms with Crippen molar-refractivity contribution in [1.82, 2.24) is 0 Å². The van der Waals surface area contributed by atoms with E-state index in [-0.39, 0.29) is 25.7 Å². The van der Waals surface area contributed by atoms with E-state index in [0.29, 0.717) is 17.0 Å². The second-order valence-electron chi connectivity index (χ2n) is 5.27. The molecule has 6 nitrogen and oxygen atoms in total. The first kappa shape index (κ1) is 13.9. The number of amides is 1. The summed E-state index contributed by atoms with van der Waals surface area (Å²) in [5.74, 6) is 6.07. The Hall–Kier alpha value is -2.07. The molecule has 0 unspecified atom stereocenters. The van der Waals surface area contributed by atoms with Crippen molar-refractivity contribution in [2.45, 2.75) is 11.6 Å². The van der Waals surface area contributed by atoms with Gasteiger partial charge in [0.05, 0.1) is 18.9 Å². The predicted octanol–water partition coefficient (Wildman–Crippen LogP) is -0.518. The standard InChI is InChI=1S/C15H16N2O4/c1-17-12-6-10(4-5-15(19)8-20-9-15)2-3-13(12)21-7-11(16)14(17)18/h2-3,6,11,19H,7-9,16H2,1H3/t11-/m0/s1. The van der Waals surface area contributed by atoms with Crippen LogP contribution in [0.2, 0.25) is 0 Å². The van der Waals surface area contributed by atoms with Crippen LogP contribution in [0.5, 0.6) is 5.75 Å². The molecule has 1 aromatic carbocycles. The first-order valence-electron chi connectivity index (χ1n) is 6.62. The molecule has 6 heteroatoms. The average Bonchev–Trinajstić information content (AvgIpc) is 2.56. The number of hydrogen-bond donors (Lipinski definition) is 2. The molecular formula is C15H16N2O4. The SMILES string of the molecule is CN1C(=O)[C@@H](N)COc2ccc(C#CC3(O)COC3)cc21. The molecule has 3 rings (SSSR count). The van der Waals surface area contributed by atoms with E-state index in [4.69, 9.17) is 15.2 Å². The van der Waals surface area contributed by atoms with Crippen molar-refractivity contribution >= 4 is 11.6 Å². The monoisotopic (exact) mass is 288 g/mol. The number of carbonyl (C=O) groups excluding carboxylic acids is 1. The van der Waals surface area contributed by atoms with Gasteiger partial charge in [0.25, 0.3) is 0 Å². The van der Waals surface area contributed by atoms with Crippen molar-refractivity contribution < 1.29 is 19.4 Å². The van der Waals surface area contributed by atoms with Crippen LogP contribution in [-0.2, 0) is 9.53 Å². The van der Waals surface area contributed by atoms with Crippen LogP contribution in [0.4, 0.5) is 5.69 Å². The Morgan fingerprint density at radius 1 is 1.48 bits per heavy atom. The number of benzene rings is 1. The maximum absolute atomic E-state index is 12.0. The van der Waals surface area contributed by atoms with Gasteiger partial charge >= 0.3 is 0 Å². The number of hydrogen-bond acceptors (Lipinski definition) is 5. The van der Waals surface area contributed by atoms with Gasteiger partial charge in [-0.25, -0.2) is 0 Å². The second-order valence-corrected chi connectivity index (χ2v) is 5.27. The molecule has 1 atom stereocenters. The fourth-order valence-corrected chi connectivity index (χ4v) is 2.15. The molecule has 0 aromatic heterocycles. The zero-order chi connectivity index (χ0) is 15.0. The minimum atomic E-state index is -1.06. The van der Waals surface area contributed by atoms with Crippen LogP contribution < -0.4 is 15.4 Å². The molecule has 3 N–H and O–H groups in total. The van der Waals surface area contributed by atoms with Crippen LogP contribution in [0, 0.1) is 11.8 Å². The summed E-state index contributed by atoms with van der Waals surface area (Å²) in [6.45, 7) is 0.598. The Morgan fingerprint density at radius 2 is 2.24 bits per heavy atom. The largest absolute Gasteiger partial charge is 0.489 e. The first-order valence-corrected chi connectivity index (χ1v) is 6.62. The highest BCUT2D eigenvalue weighted by atomic mass is 16.5. The molecule has 1 aromatic rings. The summed E-state index contributed by atoms with van der Waals surface area (Å²) in [7, 11) is 1.65. The summed E-state index contributed by atoms with van der Waals surface area (Å²) in [5, 5.41) is 9.88. The number of carbonyl (C=O) groups is 1. The van der Waals surface area contributed by atoms with Crippen molar-refractivity contribution in [2.24, 2.45) is 5.73 Å². The summed E-state index contributed by atoms with van der Waals surface area (Å²) in [6, 6.07) is 4.61. The van der Waals surface area contributed by atoms with Gasteiger partial charge in [-0.1, -0.05) is 11.8 Å². The van der Waals surface area contributed by atoms with E-state index in [1.165, 1.54) is 4.90 Å². The zero-order valence-corrected chi connectivity index (χ0v) is 11.6. The maximum atomic E-state index is 12.0. The van der Waals surface area contributed by atoms with Gasteiger partial charge in [-0.15, -0.1) is 0 Å². The number of nitrogens with zero attached hydrogens (tertiary/aromatic N) is 1. The van der Waals surface area contributed by atoms with Crippen molar-refractivity contribution in [3.8, 4) is 17.6 Å². The average molecular weight is 288 g/mol. The molecule has 0 radical (unpaired) electrons. The van der Waals surface area contributed by atoms with Crippen molar-refractivity contribution in [2.75, 3.05) is 31.8 Å². The number of nitrogens with two attached hydrogens (primary N) is 1. The maximum Gasteiger partial charge on any atom is 0.247 e. The Morgan fingerprint density at radius 3 is 2.90 bits per heavy atom. The lowest BCUT2D eigenvalue weighted by Crippen LogP contribution is -2.48. The van der Waals surface area contributed by atoms with Gasteiger partial charge in [-0.05, 0) is 18.2 Å². The highest BCUT2D eigenvalue weighted by Gasteiger charge is 2.34.